The molecule has 184 valence electrons. The minimum Gasteiger partial charge on any atom is -0.504 e. The molecule has 1 aromatic heterocycles. The number of ether oxygens (including phenoxy) is 2. The summed E-state index contributed by atoms with van der Waals surface area (Å²) in [5.74, 6) is 0.512. The van der Waals surface area contributed by atoms with E-state index in [9.17, 15) is 9.50 Å². The second kappa shape index (κ2) is 10.8. The number of nitrogens with one attached hydrogen (secondary N) is 1. The van der Waals surface area contributed by atoms with Gasteiger partial charge in [-0.25, -0.2) is 4.39 Å². The summed E-state index contributed by atoms with van der Waals surface area (Å²) in [4.78, 5) is 6.54. The Morgan fingerprint density at radius 2 is 2.09 bits per heavy atom. The first-order valence-electron chi connectivity index (χ1n) is 11.3. The first-order valence-corrected chi connectivity index (χ1v) is 11.7. The van der Waals surface area contributed by atoms with Gasteiger partial charge < -0.3 is 29.3 Å². The van der Waals surface area contributed by atoms with E-state index in [-0.39, 0.29) is 23.3 Å². The van der Waals surface area contributed by atoms with Gasteiger partial charge in [-0.3, -0.25) is 0 Å². The van der Waals surface area contributed by atoms with E-state index in [0.29, 0.717) is 41.8 Å². The highest BCUT2D eigenvalue weighted by Crippen LogP contribution is 2.39. The molecule has 2 N–H and O–H groups in total. The summed E-state index contributed by atoms with van der Waals surface area (Å²) in [6, 6.07) is 10.7. The van der Waals surface area contributed by atoms with E-state index in [0.717, 1.165) is 17.7 Å². The van der Waals surface area contributed by atoms with Crippen LogP contribution in [0.3, 0.4) is 0 Å². The molecule has 0 spiro atoms. The Kier molecular flexibility index (Phi) is 7.62. The lowest BCUT2D eigenvalue weighted by Gasteiger charge is -2.37. The Bertz CT molecular complexity index is 1250. The minimum atomic E-state index is -0.469. The van der Waals surface area contributed by atoms with Crippen molar-refractivity contribution < 1.29 is 23.5 Å². The van der Waals surface area contributed by atoms with Crippen LogP contribution < -0.4 is 10.1 Å². The van der Waals surface area contributed by atoms with E-state index >= 15 is 0 Å². The van der Waals surface area contributed by atoms with Crippen molar-refractivity contribution in [2.75, 3.05) is 26.9 Å². The number of thiocarbonyl (C=S) groups is 1. The predicted molar refractivity (Wildman–Crippen MR) is 133 cm³/mol. The first-order chi connectivity index (χ1) is 16.9. The Labute approximate surface area is 208 Å². The average Bonchev–Trinajstić information content (AvgIpc) is 3.33. The van der Waals surface area contributed by atoms with Crippen LogP contribution >= 0.6 is 12.2 Å². The summed E-state index contributed by atoms with van der Waals surface area (Å²) < 4.78 is 30.1. The lowest BCUT2D eigenvalue weighted by atomic mass is 9.94. The van der Waals surface area contributed by atoms with Crippen molar-refractivity contribution >= 4 is 22.9 Å². The Hall–Kier alpha value is -3.50. The molecule has 3 aromatic rings. The van der Waals surface area contributed by atoms with Gasteiger partial charge in [-0.05, 0) is 62.3 Å². The van der Waals surface area contributed by atoms with Gasteiger partial charge in [-0.2, -0.15) is 4.98 Å². The largest absolute Gasteiger partial charge is 0.504 e. The van der Waals surface area contributed by atoms with Crippen LogP contribution in [0.1, 0.15) is 37.8 Å². The van der Waals surface area contributed by atoms with Crippen molar-refractivity contribution in [3.8, 4) is 22.9 Å². The number of methoxy groups -OCH3 is 1. The SMILES string of the molecule is CCOCCCN1C(=S)NC(c2ccc(OC)c(O)c2)C(c2nc(-c3cccc(F)c3)no2)=C1C. The number of halogens is 1. The fraction of sp³-hybridized carbons (Fsp3) is 0.320. The van der Waals surface area contributed by atoms with Gasteiger partial charge in [0, 0.05) is 31.0 Å². The number of rotatable bonds is 9. The molecule has 0 saturated heterocycles. The fourth-order valence-corrected chi connectivity index (χ4v) is 4.36. The van der Waals surface area contributed by atoms with Crippen LogP contribution in [0, 0.1) is 5.82 Å². The van der Waals surface area contributed by atoms with Crippen molar-refractivity contribution in [3.63, 3.8) is 0 Å². The van der Waals surface area contributed by atoms with E-state index < -0.39 is 6.04 Å². The van der Waals surface area contributed by atoms with Gasteiger partial charge >= 0.3 is 0 Å². The third-order valence-electron chi connectivity index (χ3n) is 5.75. The van der Waals surface area contributed by atoms with Crippen LogP contribution in [0.4, 0.5) is 4.39 Å². The van der Waals surface area contributed by atoms with Gasteiger partial charge in [0.25, 0.3) is 5.89 Å². The van der Waals surface area contributed by atoms with E-state index in [1.807, 2.05) is 24.8 Å². The zero-order valence-corrected chi connectivity index (χ0v) is 20.6. The summed E-state index contributed by atoms with van der Waals surface area (Å²) in [6.07, 6.45) is 0.770. The number of aromatic nitrogens is 2. The molecule has 2 aromatic carbocycles. The summed E-state index contributed by atoms with van der Waals surface area (Å²) in [5.41, 5.74) is 2.78. The maximum Gasteiger partial charge on any atom is 0.258 e. The smallest absolute Gasteiger partial charge is 0.258 e. The average molecular weight is 499 g/mol. The molecule has 0 bridgehead atoms. The lowest BCUT2D eigenvalue weighted by molar-refractivity contribution is 0.141. The summed E-state index contributed by atoms with van der Waals surface area (Å²) >= 11 is 5.68. The maximum atomic E-state index is 13.8. The van der Waals surface area contributed by atoms with Gasteiger partial charge in [0.2, 0.25) is 5.82 Å². The highest BCUT2D eigenvalue weighted by molar-refractivity contribution is 7.80. The van der Waals surface area contributed by atoms with E-state index in [2.05, 4.69) is 15.5 Å². The Balaban J connectivity index is 1.76. The number of phenolic OH excluding ortho intramolecular Hbond substituents is 1. The molecule has 0 radical (unpaired) electrons. The van der Waals surface area contributed by atoms with Gasteiger partial charge in [0.05, 0.1) is 18.7 Å². The molecule has 35 heavy (non-hydrogen) atoms. The third kappa shape index (κ3) is 5.28. The second-order valence-electron chi connectivity index (χ2n) is 7.95. The standard InChI is InChI=1S/C25H27FN4O4S/c1-4-33-12-6-11-30-15(2)21(24-28-23(29-34-24)17-7-5-8-18(26)13-17)22(27-25(30)35)16-9-10-20(32-3)19(31)14-16/h5,7-10,13-14,22,31H,4,6,11-12H2,1-3H3,(H,27,35). The van der Waals surface area contributed by atoms with Crippen LogP contribution in [0.15, 0.2) is 52.7 Å². The molecule has 0 saturated carbocycles. The van der Waals surface area contributed by atoms with Gasteiger partial charge in [0.15, 0.2) is 16.6 Å². The third-order valence-corrected chi connectivity index (χ3v) is 6.08. The minimum absolute atomic E-state index is 0.000144. The van der Waals surface area contributed by atoms with Crippen LogP contribution in [0.5, 0.6) is 11.5 Å². The molecular formula is C25H27FN4O4S. The zero-order chi connectivity index (χ0) is 24.9. The van der Waals surface area contributed by atoms with Crippen molar-refractivity contribution in [1.29, 1.82) is 0 Å². The number of hydrogen-bond donors (Lipinski definition) is 2. The molecule has 4 rings (SSSR count). The second-order valence-corrected chi connectivity index (χ2v) is 8.34. The highest BCUT2D eigenvalue weighted by atomic mass is 32.1. The number of allylic oxidation sites excluding steroid dienone is 1. The van der Waals surface area contributed by atoms with Gasteiger partial charge in [0.1, 0.15) is 5.82 Å². The topological polar surface area (TPSA) is 92.9 Å². The first kappa shape index (κ1) is 24.6. The molecule has 0 fully saturated rings. The van der Waals surface area contributed by atoms with Crippen LogP contribution in [0.2, 0.25) is 0 Å². The lowest BCUT2D eigenvalue weighted by Crippen LogP contribution is -2.46. The highest BCUT2D eigenvalue weighted by Gasteiger charge is 2.34. The molecule has 0 aliphatic carbocycles. The van der Waals surface area contributed by atoms with Crippen molar-refractivity contribution in [3.05, 3.63) is 65.4 Å². The predicted octanol–water partition coefficient (Wildman–Crippen LogP) is 4.68. The van der Waals surface area contributed by atoms with Crippen LogP contribution in [0.25, 0.3) is 17.0 Å². The summed E-state index contributed by atoms with van der Waals surface area (Å²) in [5, 5.41) is 18.4. The molecule has 1 aliphatic rings. The number of aromatic hydroxyl groups is 1. The van der Waals surface area contributed by atoms with Crippen LogP contribution in [-0.2, 0) is 4.74 Å². The monoisotopic (exact) mass is 498 g/mol. The number of phenols is 1. The number of nitrogens with zero attached hydrogens (tertiary/aromatic N) is 3. The quantitative estimate of drug-likeness (QED) is 0.322. The maximum absolute atomic E-state index is 13.8. The molecule has 10 heteroatoms. The van der Waals surface area contributed by atoms with Crippen molar-refractivity contribution in [1.82, 2.24) is 20.4 Å². The van der Waals surface area contributed by atoms with E-state index in [4.69, 9.17) is 26.2 Å². The summed E-state index contributed by atoms with van der Waals surface area (Å²) in [7, 11) is 1.49. The van der Waals surface area contributed by atoms with Gasteiger partial charge in [-0.1, -0.05) is 23.4 Å². The van der Waals surface area contributed by atoms with Crippen LogP contribution in [-0.4, -0.2) is 52.1 Å². The number of benzene rings is 2. The zero-order valence-electron chi connectivity index (χ0n) is 19.7. The summed E-state index contributed by atoms with van der Waals surface area (Å²) in [6.45, 7) is 5.78. The molecule has 1 unspecified atom stereocenters. The Morgan fingerprint density at radius 3 is 2.80 bits per heavy atom. The van der Waals surface area contributed by atoms with Crippen molar-refractivity contribution in [2.45, 2.75) is 26.3 Å². The normalized spacial score (nSPS) is 15.9. The molecule has 0 amide bonds. The number of hydrogen-bond acceptors (Lipinski definition) is 7. The molecular weight excluding hydrogens is 471 g/mol. The molecule has 1 aliphatic heterocycles. The Morgan fingerprint density at radius 1 is 1.26 bits per heavy atom. The van der Waals surface area contributed by atoms with Crippen molar-refractivity contribution in [2.24, 2.45) is 0 Å². The molecule has 2 heterocycles. The van der Waals surface area contributed by atoms with Gasteiger partial charge in [-0.15, -0.1) is 0 Å². The van der Waals surface area contributed by atoms with E-state index in [1.165, 1.54) is 19.2 Å². The molecule has 1 atom stereocenters. The fourth-order valence-electron chi connectivity index (χ4n) is 4.01. The molecule has 8 nitrogen and oxygen atoms in total. The van der Waals surface area contributed by atoms with E-state index in [1.54, 1.807) is 24.3 Å².